The van der Waals surface area contributed by atoms with Crippen LogP contribution in [0.2, 0.25) is 0 Å². The largest absolute Gasteiger partial charge is 2.00 e. The van der Waals surface area contributed by atoms with E-state index >= 15 is 0 Å². The number of aromatic nitrogens is 4. The van der Waals surface area contributed by atoms with Gasteiger partial charge in [0.05, 0.1) is 18.5 Å². The Labute approximate surface area is 256 Å². The van der Waals surface area contributed by atoms with Crippen molar-refractivity contribution in [3.05, 3.63) is 75.4 Å². The summed E-state index contributed by atoms with van der Waals surface area (Å²) in [5.74, 6) is -0.233. The van der Waals surface area contributed by atoms with E-state index in [9.17, 15) is 9.59 Å². The molecule has 0 saturated heterocycles. The van der Waals surface area contributed by atoms with Crippen molar-refractivity contribution >= 4 is 51.0 Å². The number of carbonyl (C=O) groups is 2. The normalized spacial score (nSPS) is 17.4. The fraction of sp³-hybridized carbons (Fsp3) is 0.353. The number of hydrogen-bond donors (Lipinski definition) is 0. The predicted molar refractivity (Wildman–Crippen MR) is 162 cm³/mol. The summed E-state index contributed by atoms with van der Waals surface area (Å²) >= 11 is 0. The van der Waals surface area contributed by atoms with Gasteiger partial charge in [0.15, 0.2) is 5.78 Å². The summed E-state index contributed by atoms with van der Waals surface area (Å²) in [5, 5.41) is 0. The van der Waals surface area contributed by atoms with Crippen LogP contribution < -0.4 is 9.97 Å². The van der Waals surface area contributed by atoms with Crippen LogP contribution in [0.15, 0.2) is 24.8 Å². The molecule has 0 aromatic carbocycles. The van der Waals surface area contributed by atoms with E-state index in [0.717, 1.165) is 79.1 Å². The molecule has 0 saturated carbocycles. The molecule has 1 radical (unpaired) electrons. The maximum atomic E-state index is 13.4. The van der Waals surface area contributed by atoms with E-state index in [1.165, 1.54) is 7.11 Å². The monoisotopic (exact) mass is 605 g/mol. The zero-order valence-corrected chi connectivity index (χ0v) is 25.9. The second kappa shape index (κ2) is 11.2. The van der Waals surface area contributed by atoms with E-state index in [1.54, 1.807) is 0 Å². The van der Waals surface area contributed by atoms with E-state index in [2.05, 4.69) is 34.3 Å². The molecule has 3 aromatic rings. The van der Waals surface area contributed by atoms with E-state index in [-0.39, 0.29) is 53.2 Å². The molecule has 1 aliphatic carbocycles. The summed E-state index contributed by atoms with van der Waals surface area (Å²) in [6, 6.07) is 6.09. The number of fused-ring (bicyclic) bond motifs is 8. The summed E-state index contributed by atoms with van der Waals surface area (Å²) in [4.78, 5) is 45.8. The van der Waals surface area contributed by atoms with Gasteiger partial charge in [0.1, 0.15) is 0 Å². The molecule has 2 aliphatic heterocycles. The number of aryl methyl sites for hydroxylation is 2. The number of rotatable bonds is 5. The summed E-state index contributed by atoms with van der Waals surface area (Å²) < 4.78 is 4.95. The summed E-state index contributed by atoms with van der Waals surface area (Å²) in [7, 11) is 1.41. The quantitative estimate of drug-likeness (QED) is 0.297. The second-order valence-corrected chi connectivity index (χ2v) is 11.3. The molecule has 3 aromatic heterocycles. The standard InChI is InChI=1S/C34H35N4O3.Co/c1-8-20-16(3)24-13-26-18(5)22(10-11-31(40)41-7)33(37-26)23-12-30(39)32-19(6)27(38-34(23)32)15-29-21(9-2)17(4)25(36-29)14-28(20)35-24;/h8,13-15,18,22H,1,9-12H2,2-7H3,(H-,35,36,37,38,39);/q-1;+2/p-1. The minimum Gasteiger partial charge on any atom is -0.657 e. The number of methoxy groups -OCH3 is 1. The van der Waals surface area contributed by atoms with E-state index < -0.39 is 0 Å². The SMILES string of the molecule is C=Cc1c(C)c2cc3nc(c4c5[n-]c(cc6nc(cc1[n-]2)C(C)=C6CC)c(C)c5C(=O)C4)C(CCC(=O)OC)C3C.[Co+2]. The van der Waals surface area contributed by atoms with Crippen LogP contribution in [-0.4, -0.2) is 28.8 Å². The van der Waals surface area contributed by atoms with Crippen molar-refractivity contribution in [3.63, 3.8) is 0 Å². The molecule has 5 heterocycles. The number of esters is 1. The van der Waals surface area contributed by atoms with Gasteiger partial charge in [0.25, 0.3) is 0 Å². The molecular weight excluding hydrogens is 571 g/mol. The maximum Gasteiger partial charge on any atom is 2.00 e. The Hall–Kier alpha value is -3.75. The van der Waals surface area contributed by atoms with Crippen molar-refractivity contribution in [2.75, 3.05) is 7.11 Å². The molecule has 2 unspecified atom stereocenters. The number of ether oxygens (including phenoxy) is 1. The van der Waals surface area contributed by atoms with E-state index in [0.29, 0.717) is 17.5 Å². The molecule has 8 bridgehead atoms. The second-order valence-electron chi connectivity index (χ2n) is 11.3. The van der Waals surface area contributed by atoms with Gasteiger partial charge in [-0.2, -0.15) is 0 Å². The zero-order chi connectivity index (χ0) is 29.2. The molecule has 2 atom stereocenters. The summed E-state index contributed by atoms with van der Waals surface area (Å²) in [6.45, 7) is 14.4. The Balaban J connectivity index is 0.00000353. The van der Waals surface area contributed by atoms with Gasteiger partial charge in [0.2, 0.25) is 0 Å². The molecule has 6 rings (SSSR count). The van der Waals surface area contributed by atoms with Gasteiger partial charge in [-0.25, -0.2) is 4.98 Å². The minimum atomic E-state index is -0.257. The Bertz CT molecular complexity index is 1860. The van der Waals surface area contributed by atoms with Crippen molar-refractivity contribution in [1.29, 1.82) is 0 Å². The first-order valence-electron chi connectivity index (χ1n) is 14.3. The fourth-order valence-corrected chi connectivity index (χ4v) is 6.64. The van der Waals surface area contributed by atoms with Crippen molar-refractivity contribution in [2.45, 2.75) is 72.1 Å². The van der Waals surface area contributed by atoms with Crippen molar-refractivity contribution in [2.24, 2.45) is 0 Å². The number of ketones is 1. The van der Waals surface area contributed by atoms with Gasteiger partial charge >= 0.3 is 22.7 Å². The molecular formula is C34H34CoN4O3. The van der Waals surface area contributed by atoms with Gasteiger partial charge in [-0.15, -0.1) is 22.1 Å². The molecule has 0 amide bonds. The van der Waals surface area contributed by atoms with E-state index in [4.69, 9.17) is 24.7 Å². The number of nitrogens with zero attached hydrogens (tertiary/aromatic N) is 4. The third-order valence-corrected chi connectivity index (χ3v) is 9.08. The molecule has 8 heteroatoms. The molecule has 217 valence electrons. The van der Waals surface area contributed by atoms with Crippen molar-refractivity contribution in [3.8, 4) is 0 Å². The topological polar surface area (TPSA) is 97.4 Å². The molecule has 0 N–H and O–H groups in total. The van der Waals surface area contributed by atoms with Gasteiger partial charge in [-0.05, 0) is 55.9 Å². The summed E-state index contributed by atoms with van der Waals surface area (Å²) in [6.07, 6.45) is 3.78. The Morgan fingerprint density at radius 3 is 2.48 bits per heavy atom. The average Bonchev–Trinajstić information content (AvgIpc) is 3.70. The number of allylic oxidation sites excluding steroid dienone is 2. The van der Waals surface area contributed by atoms with E-state index in [1.807, 2.05) is 31.2 Å². The summed E-state index contributed by atoms with van der Waals surface area (Å²) in [5.41, 5.74) is 13.3. The molecule has 0 fully saturated rings. The van der Waals surface area contributed by atoms with Crippen molar-refractivity contribution in [1.82, 2.24) is 19.9 Å². The predicted octanol–water partition coefficient (Wildman–Crippen LogP) is 6.75. The van der Waals surface area contributed by atoms with Crippen molar-refractivity contribution < 1.29 is 31.1 Å². The third kappa shape index (κ3) is 4.57. The van der Waals surface area contributed by atoms with Crippen LogP contribution in [0.4, 0.5) is 0 Å². The Kier molecular flexibility index (Phi) is 7.89. The van der Waals surface area contributed by atoms with Gasteiger partial charge < -0.3 is 14.7 Å². The molecule has 0 spiro atoms. The first-order valence-corrected chi connectivity index (χ1v) is 14.3. The molecule has 42 heavy (non-hydrogen) atoms. The number of hydrogen-bond acceptors (Lipinski definition) is 5. The zero-order valence-electron chi connectivity index (χ0n) is 24.8. The Morgan fingerprint density at radius 1 is 1.07 bits per heavy atom. The van der Waals surface area contributed by atoms with Crippen LogP contribution in [0.1, 0.15) is 107 Å². The fourth-order valence-electron chi connectivity index (χ4n) is 6.64. The molecule has 7 nitrogen and oxygen atoms in total. The first-order chi connectivity index (χ1) is 19.7. The smallest absolute Gasteiger partial charge is 0.657 e. The van der Waals surface area contributed by atoms with Gasteiger partial charge in [0, 0.05) is 41.6 Å². The van der Waals surface area contributed by atoms with Crippen LogP contribution >= 0.6 is 0 Å². The number of Topliss-reactive ketones (excluding diaryl/α,β-unsaturated/α-hetero) is 1. The van der Waals surface area contributed by atoms with Crippen LogP contribution in [-0.2, 0) is 32.7 Å². The van der Waals surface area contributed by atoms with Crippen LogP contribution in [0.25, 0.3) is 39.3 Å². The van der Waals surface area contributed by atoms with Gasteiger partial charge in [-0.3, -0.25) is 14.6 Å². The van der Waals surface area contributed by atoms with Crippen LogP contribution in [0.5, 0.6) is 0 Å². The maximum absolute atomic E-state index is 13.4. The Morgan fingerprint density at radius 2 is 1.79 bits per heavy atom. The van der Waals surface area contributed by atoms with Gasteiger partial charge in [-0.1, -0.05) is 55.8 Å². The van der Waals surface area contributed by atoms with Crippen LogP contribution in [0.3, 0.4) is 0 Å². The third-order valence-electron chi connectivity index (χ3n) is 9.08. The minimum absolute atomic E-state index is 0. The number of carbonyl (C=O) groups excluding carboxylic acids is 2. The van der Waals surface area contributed by atoms with Crippen LogP contribution in [0, 0.1) is 13.8 Å². The molecule has 3 aliphatic rings. The first kappa shape index (κ1) is 29.7. The average molecular weight is 606 g/mol.